The van der Waals surface area contributed by atoms with Gasteiger partial charge in [0.1, 0.15) is 11.5 Å². The summed E-state index contributed by atoms with van der Waals surface area (Å²) < 4.78 is 6.92. The normalized spacial score (nSPS) is 10.8. The topological polar surface area (TPSA) is 93.2 Å². The molecule has 1 aromatic heterocycles. The standard InChI is InChI=1S/C25H23N3O4/c29-23(26-18-13-15-20(16-14-18)32-19-8-2-1-3-9-19)12-6-7-17-28-24(30)21-10-4-5-11-22(21)27-25(28)31/h1-5,8-11,13-16H,6-7,12,17H2,(H,26,29)(H,27,31). The Balaban J connectivity index is 1.26. The van der Waals surface area contributed by atoms with Crippen LogP contribution in [0, 0.1) is 0 Å². The van der Waals surface area contributed by atoms with Gasteiger partial charge in [-0.3, -0.25) is 14.2 Å². The Hall–Kier alpha value is -4.13. The van der Waals surface area contributed by atoms with Gasteiger partial charge in [0.05, 0.1) is 10.9 Å². The van der Waals surface area contributed by atoms with E-state index in [4.69, 9.17) is 4.74 Å². The first-order valence-corrected chi connectivity index (χ1v) is 10.4. The molecule has 0 spiro atoms. The highest BCUT2D eigenvalue weighted by Gasteiger charge is 2.08. The lowest BCUT2D eigenvalue weighted by Crippen LogP contribution is -2.35. The molecule has 0 bridgehead atoms. The van der Waals surface area contributed by atoms with Crippen molar-refractivity contribution in [3.8, 4) is 11.5 Å². The van der Waals surface area contributed by atoms with Crippen LogP contribution in [0.4, 0.5) is 5.69 Å². The van der Waals surface area contributed by atoms with Crippen LogP contribution in [0.5, 0.6) is 11.5 Å². The van der Waals surface area contributed by atoms with Crippen LogP contribution in [0.15, 0.2) is 88.5 Å². The number of carbonyl (C=O) groups is 1. The number of hydrogen-bond acceptors (Lipinski definition) is 4. The fourth-order valence-corrected chi connectivity index (χ4v) is 3.41. The van der Waals surface area contributed by atoms with Crippen LogP contribution in [-0.2, 0) is 11.3 Å². The van der Waals surface area contributed by atoms with Gasteiger partial charge in [-0.1, -0.05) is 30.3 Å². The Morgan fingerprint density at radius 1 is 0.844 bits per heavy atom. The monoisotopic (exact) mass is 429 g/mol. The maximum absolute atomic E-state index is 12.5. The summed E-state index contributed by atoms with van der Waals surface area (Å²) >= 11 is 0. The Kier molecular flexibility index (Phi) is 6.46. The summed E-state index contributed by atoms with van der Waals surface area (Å²) in [6.07, 6.45) is 1.39. The van der Waals surface area contributed by atoms with Gasteiger partial charge < -0.3 is 15.0 Å². The van der Waals surface area contributed by atoms with Crippen molar-refractivity contribution in [2.75, 3.05) is 5.32 Å². The van der Waals surface area contributed by atoms with E-state index in [1.165, 1.54) is 4.57 Å². The number of carbonyl (C=O) groups excluding carboxylic acids is 1. The third-order valence-corrected chi connectivity index (χ3v) is 5.04. The number of rotatable bonds is 8. The van der Waals surface area contributed by atoms with Gasteiger partial charge in [0, 0.05) is 18.7 Å². The summed E-state index contributed by atoms with van der Waals surface area (Å²) in [6.45, 7) is 0.262. The molecule has 162 valence electrons. The van der Waals surface area contributed by atoms with Gasteiger partial charge in [-0.15, -0.1) is 0 Å². The zero-order chi connectivity index (χ0) is 22.3. The quantitative estimate of drug-likeness (QED) is 0.409. The van der Waals surface area contributed by atoms with Crippen molar-refractivity contribution in [3.63, 3.8) is 0 Å². The number of amides is 1. The van der Waals surface area contributed by atoms with Crippen molar-refractivity contribution in [2.45, 2.75) is 25.8 Å². The number of nitrogens with zero attached hydrogens (tertiary/aromatic N) is 1. The number of aromatic amines is 1. The maximum Gasteiger partial charge on any atom is 0.328 e. The largest absolute Gasteiger partial charge is 0.457 e. The highest BCUT2D eigenvalue weighted by Crippen LogP contribution is 2.22. The second-order valence-corrected chi connectivity index (χ2v) is 7.38. The van der Waals surface area contributed by atoms with E-state index in [1.54, 1.807) is 48.5 Å². The molecule has 0 aliphatic rings. The second-order valence-electron chi connectivity index (χ2n) is 7.38. The van der Waals surface area contributed by atoms with E-state index in [-0.39, 0.29) is 18.0 Å². The van der Waals surface area contributed by atoms with Crippen molar-refractivity contribution < 1.29 is 9.53 Å². The van der Waals surface area contributed by atoms with Crippen molar-refractivity contribution in [1.82, 2.24) is 9.55 Å². The van der Waals surface area contributed by atoms with E-state index in [9.17, 15) is 14.4 Å². The second kappa shape index (κ2) is 9.78. The molecular formula is C25H23N3O4. The number of anilines is 1. The molecule has 7 heteroatoms. The van der Waals surface area contributed by atoms with Crippen molar-refractivity contribution in [1.29, 1.82) is 0 Å². The van der Waals surface area contributed by atoms with Gasteiger partial charge in [0.2, 0.25) is 5.91 Å². The number of nitrogens with one attached hydrogen (secondary N) is 2. The van der Waals surface area contributed by atoms with E-state index in [1.807, 2.05) is 30.3 Å². The van der Waals surface area contributed by atoms with Crippen LogP contribution in [0.25, 0.3) is 10.9 Å². The minimum Gasteiger partial charge on any atom is -0.457 e. The first-order valence-electron chi connectivity index (χ1n) is 10.4. The Bertz CT molecular complexity index is 1330. The Labute approximate surface area is 184 Å². The van der Waals surface area contributed by atoms with Gasteiger partial charge >= 0.3 is 5.69 Å². The summed E-state index contributed by atoms with van der Waals surface area (Å²) in [5.74, 6) is 1.30. The smallest absolute Gasteiger partial charge is 0.328 e. The maximum atomic E-state index is 12.5. The van der Waals surface area contributed by atoms with E-state index < -0.39 is 5.69 Å². The van der Waals surface area contributed by atoms with Crippen LogP contribution in [0.3, 0.4) is 0 Å². The molecule has 32 heavy (non-hydrogen) atoms. The summed E-state index contributed by atoms with van der Waals surface area (Å²) in [5.41, 5.74) is 0.457. The molecule has 4 rings (SSSR count). The summed E-state index contributed by atoms with van der Waals surface area (Å²) in [5, 5.41) is 3.32. The molecule has 0 fully saturated rings. The summed E-state index contributed by atoms with van der Waals surface area (Å²) in [6, 6.07) is 23.5. The van der Waals surface area contributed by atoms with Crippen LogP contribution in [0.2, 0.25) is 0 Å². The minimum atomic E-state index is -0.434. The molecule has 0 aliphatic carbocycles. The Morgan fingerprint density at radius 3 is 2.31 bits per heavy atom. The number of H-pyrrole nitrogens is 1. The van der Waals surface area contributed by atoms with Gasteiger partial charge in [0.15, 0.2) is 0 Å². The highest BCUT2D eigenvalue weighted by molar-refractivity contribution is 5.90. The fraction of sp³-hybridized carbons (Fsp3) is 0.160. The predicted octanol–water partition coefficient (Wildman–Crippen LogP) is 4.29. The van der Waals surface area contributed by atoms with Gasteiger partial charge in [-0.05, 0) is 61.4 Å². The van der Waals surface area contributed by atoms with Gasteiger partial charge in [-0.25, -0.2) is 4.79 Å². The number of para-hydroxylation sites is 2. The first kappa shape index (κ1) is 21.1. The average molecular weight is 429 g/mol. The summed E-state index contributed by atoms with van der Waals surface area (Å²) in [7, 11) is 0. The zero-order valence-electron chi connectivity index (χ0n) is 17.4. The molecule has 4 aromatic rings. The molecule has 7 nitrogen and oxygen atoms in total. The lowest BCUT2D eigenvalue weighted by molar-refractivity contribution is -0.116. The number of unbranched alkanes of at least 4 members (excludes halogenated alkanes) is 1. The average Bonchev–Trinajstić information content (AvgIpc) is 2.80. The van der Waals surface area contributed by atoms with Crippen molar-refractivity contribution in [3.05, 3.63) is 99.7 Å². The molecule has 2 N–H and O–H groups in total. The molecule has 0 radical (unpaired) electrons. The van der Waals surface area contributed by atoms with Crippen LogP contribution >= 0.6 is 0 Å². The molecular weight excluding hydrogens is 406 g/mol. The third-order valence-electron chi connectivity index (χ3n) is 5.04. The minimum absolute atomic E-state index is 0.124. The van der Waals surface area contributed by atoms with Crippen LogP contribution in [-0.4, -0.2) is 15.5 Å². The molecule has 0 saturated carbocycles. The van der Waals surface area contributed by atoms with E-state index in [2.05, 4.69) is 10.3 Å². The van der Waals surface area contributed by atoms with Gasteiger partial charge in [-0.2, -0.15) is 0 Å². The SMILES string of the molecule is O=C(CCCCn1c(=O)[nH]c2ccccc2c1=O)Nc1ccc(Oc2ccccc2)cc1. The van der Waals surface area contributed by atoms with Gasteiger partial charge in [0.25, 0.3) is 5.56 Å². The molecule has 1 heterocycles. The van der Waals surface area contributed by atoms with Crippen molar-refractivity contribution in [2.24, 2.45) is 0 Å². The van der Waals surface area contributed by atoms with E-state index in [0.29, 0.717) is 41.6 Å². The number of hydrogen-bond donors (Lipinski definition) is 2. The zero-order valence-corrected chi connectivity index (χ0v) is 17.4. The fourth-order valence-electron chi connectivity index (χ4n) is 3.41. The molecule has 3 aromatic carbocycles. The molecule has 1 amide bonds. The lowest BCUT2D eigenvalue weighted by atomic mass is 10.2. The molecule has 0 aliphatic heterocycles. The summed E-state index contributed by atoms with van der Waals surface area (Å²) in [4.78, 5) is 39.6. The molecule has 0 atom stereocenters. The van der Waals surface area contributed by atoms with Crippen LogP contribution < -0.4 is 21.3 Å². The first-order chi connectivity index (χ1) is 15.6. The van der Waals surface area contributed by atoms with E-state index in [0.717, 1.165) is 5.75 Å². The number of benzene rings is 3. The van der Waals surface area contributed by atoms with E-state index >= 15 is 0 Å². The Morgan fingerprint density at radius 2 is 1.53 bits per heavy atom. The molecule has 0 saturated heterocycles. The lowest BCUT2D eigenvalue weighted by Gasteiger charge is -2.09. The number of aromatic nitrogens is 2. The predicted molar refractivity (Wildman–Crippen MR) is 124 cm³/mol. The number of ether oxygens (including phenoxy) is 1. The molecule has 0 unspecified atom stereocenters. The van der Waals surface area contributed by atoms with Crippen LogP contribution in [0.1, 0.15) is 19.3 Å². The highest BCUT2D eigenvalue weighted by atomic mass is 16.5. The number of fused-ring (bicyclic) bond motifs is 1. The van der Waals surface area contributed by atoms with Crippen molar-refractivity contribution >= 4 is 22.5 Å². The third kappa shape index (κ3) is 5.13.